The quantitative estimate of drug-likeness (QED) is 0.734. The molecule has 5 nitrogen and oxygen atoms in total. The molecule has 0 atom stereocenters. The molecular weight excluding hydrogens is 316 g/mol. The molecule has 2 heterocycles. The van der Waals surface area contributed by atoms with Crippen molar-refractivity contribution in [2.45, 2.75) is 41.3 Å². The van der Waals surface area contributed by atoms with Gasteiger partial charge in [-0.2, -0.15) is 4.98 Å². The van der Waals surface area contributed by atoms with Crippen molar-refractivity contribution in [1.29, 1.82) is 0 Å². The maximum atomic E-state index is 6.35. The molecule has 4 rings (SSSR count). The highest BCUT2D eigenvalue weighted by atomic mass is 32.2. The summed E-state index contributed by atoms with van der Waals surface area (Å²) in [7, 11) is 0. The van der Waals surface area contributed by atoms with Crippen molar-refractivity contribution in [3.63, 3.8) is 0 Å². The fraction of sp³-hybridized carbons (Fsp3) is 0.400. The summed E-state index contributed by atoms with van der Waals surface area (Å²) < 4.78 is 7.57. The highest BCUT2D eigenvalue weighted by molar-refractivity contribution is 8.00. The number of rotatable bonds is 4. The Morgan fingerprint density at radius 3 is 2.86 bits per heavy atom. The maximum absolute atomic E-state index is 6.35. The Labute approximate surface area is 136 Å². The Morgan fingerprint density at radius 2 is 2.05 bits per heavy atom. The molecule has 1 fully saturated rings. The SMILES string of the molecule is NC1(c2noc(CSc3nc4ccccc4s3)n2)CCCC1. The first-order valence-electron chi connectivity index (χ1n) is 7.33. The Balaban J connectivity index is 1.46. The fourth-order valence-electron chi connectivity index (χ4n) is 2.78. The predicted molar refractivity (Wildman–Crippen MR) is 87.8 cm³/mol. The number of thiazole rings is 1. The van der Waals surface area contributed by atoms with Crippen LogP contribution in [0.25, 0.3) is 10.2 Å². The zero-order valence-corrected chi connectivity index (χ0v) is 13.6. The molecule has 3 aromatic rings. The van der Waals surface area contributed by atoms with Gasteiger partial charge in [-0.25, -0.2) is 4.98 Å². The van der Waals surface area contributed by atoms with Crippen LogP contribution in [0.15, 0.2) is 33.1 Å². The Hall–Kier alpha value is -1.44. The molecule has 7 heteroatoms. The van der Waals surface area contributed by atoms with Crippen molar-refractivity contribution in [2.75, 3.05) is 0 Å². The topological polar surface area (TPSA) is 77.8 Å². The number of nitrogens with zero attached hydrogens (tertiary/aromatic N) is 3. The van der Waals surface area contributed by atoms with Crippen LogP contribution in [0.1, 0.15) is 37.4 Å². The summed E-state index contributed by atoms with van der Waals surface area (Å²) in [6.45, 7) is 0. The molecule has 2 aromatic heterocycles. The van der Waals surface area contributed by atoms with Gasteiger partial charge in [-0.1, -0.05) is 41.9 Å². The van der Waals surface area contributed by atoms with E-state index in [4.69, 9.17) is 10.3 Å². The molecule has 0 bridgehead atoms. The molecule has 1 aliphatic rings. The van der Waals surface area contributed by atoms with E-state index in [-0.39, 0.29) is 5.54 Å². The van der Waals surface area contributed by atoms with E-state index in [1.165, 1.54) is 4.70 Å². The van der Waals surface area contributed by atoms with Gasteiger partial charge in [0.25, 0.3) is 0 Å². The molecule has 1 saturated carbocycles. The average Bonchev–Trinajstić information content (AvgIpc) is 3.24. The third-order valence-corrected chi connectivity index (χ3v) is 6.17. The number of aromatic nitrogens is 3. The molecule has 22 heavy (non-hydrogen) atoms. The van der Waals surface area contributed by atoms with Crippen LogP contribution in [0, 0.1) is 0 Å². The molecule has 2 N–H and O–H groups in total. The van der Waals surface area contributed by atoms with Gasteiger partial charge in [-0.3, -0.25) is 0 Å². The van der Waals surface area contributed by atoms with Crippen molar-refractivity contribution < 1.29 is 4.52 Å². The highest BCUT2D eigenvalue weighted by Gasteiger charge is 2.35. The van der Waals surface area contributed by atoms with Crippen LogP contribution in [0.4, 0.5) is 0 Å². The first-order chi connectivity index (χ1) is 10.7. The molecule has 0 radical (unpaired) electrons. The van der Waals surface area contributed by atoms with Crippen molar-refractivity contribution in [1.82, 2.24) is 15.1 Å². The smallest absolute Gasteiger partial charge is 0.237 e. The summed E-state index contributed by atoms with van der Waals surface area (Å²) in [4.78, 5) is 9.08. The van der Waals surface area contributed by atoms with Gasteiger partial charge in [0.1, 0.15) is 0 Å². The lowest BCUT2D eigenvalue weighted by Gasteiger charge is -2.17. The van der Waals surface area contributed by atoms with Gasteiger partial charge >= 0.3 is 0 Å². The lowest BCUT2D eigenvalue weighted by molar-refractivity contribution is 0.355. The molecule has 0 amide bonds. The van der Waals surface area contributed by atoms with E-state index < -0.39 is 0 Å². The molecule has 1 aliphatic carbocycles. The van der Waals surface area contributed by atoms with Gasteiger partial charge in [-0.05, 0) is 25.0 Å². The lowest BCUT2D eigenvalue weighted by atomic mass is 9.99. The van der Waals surface area contributed by atoms with Gasteiger partial charge in [0.2, 0.25) is 5.89 Å². The van der Waals surface area contributed by atoms with Crippen molar-refractivity contribution >= 4 is 33.3 Å². The average molecular weight is 332 g/mol. The standard InChI is InChI=1S/C15H16N4OS2/c16-15(7-3-4-8-15)13-18-12(20-19-13)9-21-14-17-10-5-1-2-6-11(10)22-14/h1-2,5-6H,3-4,7-9,16H2. The third-order valence-electron chi connectivity index (χ3n) is 4.00. The number of para-hydroxylation sites is 1. The van der Waals surface area contributed by atoms with Crippen molar-refractivity contribution in [2.24, 2.45) is 5.73 Å². The van der Waals surface area contributed by atoms with Crippen LogP contribution in [-0.2, 0) is 11.3 Å². The molecule has 0 saturated heterocycles. The van der Waals surface area contributed by atoms with E-state index in [1.54, 1.807) is 23.1 Å². The Kier molecular flexibility index (Phi) is 3.63. The Bertz CT molecular complexity index is 759. The molecule has 0 unspecified atom stereocenters. The first-order valence-corrected chi connectivity index (χ1v) is 9.13. The van der Waals surface area contributed by atoms with Gasteiger partial charge in [0.15, 0.2) is 10.2 Å². The summed E-state index contributed by atoms with van der Waals surface area (Å²) in [5, 5.41) is 4.08. The predicted octanol–water partition coefficient (Wildman–Crippen LogP) is 3.70. The largest absolute Gasteiger partial charge is 0.338 e. The molecule has 0 spiro atoms. The fourth-order valence-corrected chi connectivity index (χ4v) is 4.69. The normalized spacial score (nSPS) is 17.3. The van der Waals surface area contributed by atoms with Crippen molar-refractivity contribution in [3.05, 3.63) is 36.0 Å². The minimum atomic E-state index is -0.387. The summed E-state index contributed by atoms with van der Waals surface area (Å²) in [6.07, 6.45) is 4.16. The van der Waals surface area contributed by atoms with Crippen LogP contribution >= 0.6 is 23.1 Å². The zero-order chi connectivity index (χ0) is 15.0. The van der Waals surface area contributed by atoms with E-state index in [9.17, 15) is 0 Å². The zero-order valence-electron chi connectivity index (χ0n) is 12.0. The van der Waals surface area contributed by atoms with Crippen LogP contribution in [-0.4, -0.2) is 15.1 Å². The second kappa shape index (κ2) is 5.64. The van der Waals surface area contributed by atoms with E-state index in [0.717, 1.165) is 35.5 Å². The van der Waals surface area contributed by atoms with Crippen LogP contribution in [0.3, 0.4) is 0 Å². The van der Waals surface area contributed by atoms with Gasteiger partial charge in [0, 0.05) is 0 Å². The number of thioether (sulfide) groups is 1. The number of nitrogens with two attached hydrogens (primary N) is 1. The van der Waals surface area contributed by atoms with Gasteiger partial charge in [-0.15, -0.1) is 11.3 Å². The maximum Gasteiger partial charge on any atom is 0.237 e. The number of hydrogen-bond donors (Lipinski definition) is 1. The van der Waals surface area contributed by atoms with E-state index in [1.807, 2.05) is 18.2 Å². The Morgan fingerprint density at radius 1 is 1.23 bits per heavy atom. The van der Waals surface area contributed by atoms with E-state index >= 15 is 0 Å². The van der Waals surface area contributed by atoms with E-state index in [0.29, 0.717) is 17.5 Å². The molecule has 0 aliphatic heterocycles. The van der Waals surface area contributed by atoms with Gasteiger partial charge in [0.05, 0.1) is 21.5 Å². The summed E-state index contributed by atoms with van der Waals surface area (Å²) in [5.74, 6) is 1.91. The molecular formula is C15H16N4OS2. The minimum absolute atomic E-state index is 0.387. The van der Waals surface area contributed by atoms with Crippen LogP contribution in [0.2, 0.25) is 0 Å². The number of fused-ring (bicyclic) bond motifs is 1. The highest BCUT2D eigenvalue weighted by Crippen LogP contribution is 2.35. The van der Waals surface area contributed by atoms with E-state index in [2.05, 4.69) is 21.2 Å². The molecule has 114 valence electrons. The first kappa shape index (κ1) is 14.2. The van der Waals surface area contributed by atoms with Crippen LogP contribution < -0.4 is 5.73 Å². The van der Waals surface area contributed by atoms with Gasteiger partial charge < -0.3 is 10.3 Å². The second-order valence-corrected chi connectivity index (χ2v) is 7.86. The summed E-state index contributed by atoms with van der Waals surface area (Å²) >= 11 is 3.31. The summed E-state index contributed by atoms with van der Waals surface area (Å²) in [6, 6.07) is 8.14. The molecule has 1 aromatic carbocycles. The number of benzene rings is 1. The number of hydrogen-bond acceptors (Lipinski definition) is 7. The lowest BCUT2D eigenvalue weighted by Crippen LogP contribution is -2.34. The monoisotopic (exact) mass is 332 g/mol. The summed E-state index contributed by atoms with van der Waals surface area (Å²) in [5.41, 5.74) is 7.00. The third kappa shape index (κ3) is 2.64. The minimum Gasteiger partial charge on any atom is -0.338 e. The van der Waals surface area contributed by atoms with Crippen molar-refractivity contribution in [3.8, 4) is 0 Å². The van der Waals surface area contributed by atoms with Crippen LogP contribution in [0.5, 0.6) is 0 Å². The second-order valence-electron chi connectivity index (χ2n) is 5.61.